The zero-order chi connectivity index (χ0) is 19.7. The number of nitrogens with zero attached hydrogens (tertiary/aromatic N) is 1. The number of anilines is 1. The Labute approximate surface area is 168 Å². The molecule has 0 aliphatic carbocycles. The second kappa shape index (κ2) is 7.52. The highest BCUT2D eigenvalue weighted by atomic mass is 32.1. The standard InChI is InChI=1S/C21H20N2O4S/c1-3-25-20(24)18-13(2)23(15-7-5-4-6-8-15)21(28)22-19(18)14-9-10-16-17(11-14)27-12-26-16/h4-11,19H,3,12H2,1-2H3,(H,22,28). The predicted octanol–water partition coefficient (Wildman–Crippen LogP) is 3.69. The van der Waals surface area contributed by atoms with Gasteiger partial charge in [0.25, 0.3) is 0 Å². The van der Waals surface area contributed by atoms with Crippen LogP contribution in [0.4, 0.5) is 5.69 Å². The van der Waals surface area contributed by atoms with Crippen molar-refractivity contribution in [3.8, 4) is 11.5 Å². The summed E-state index contributed by atoms with van der Waals surface area (Å²) in [5, 5.41) is 3.81. The van der Waals surface area contributed by atoms with Crippen LogP contribution in [0.5, 0.6) is 11.5 Å². The molecule has 4 rings (SSSR count). The zero-order valence-electron chi connectivity index (χ0n) is 15.6. The van der Waals surface area contributed by atoms with E-state index in [1.54, 1.807) is 6.92 Å². The van der Waals surface area contributed by atoms with Crippen molar-refractivity contribution >= 4 is 29.0 Å². The smallest absolute Gasteiger partial charge is 0.338 e. The minimum absolute atomic E-state index is 0.191. The maximum atomic E-state index is 12.9. The summed E-state index contributed by atoms with van der Waals surface area (Å²) >= 11 is 5.64. The molecule has 2 aromatic rings. The highest BCUT2D eigenvalue weighted by Gasteiger charge is 2.36. The minimum atomic E-state index is -0.444. The molecule has 0 bridgehead atoms. The van der Waals surface area contributed by atoms with Gasteiger partial charge in [-0.05, 0) is 55.9 Å². The number of fused-ring (bicyclic) bond motifs is 1. The van der Waals surface area contributed by atoms with Crippen molar-refractivity contribution < 1.29 is 19.0 Å². The molecule has 0 spiro atoms. The molecule has 2 aliphatic rings. The van der Waals surface area contributed by atoms with E-state index in [1.807, 2.05) is 60.4 Å². The Hall–Kier alpha value is -3.06. The summed E-state index contributed by atoms with van der Waals surface area (Å²) in [5.74, 6) is 0.960. The van der Waals surface area contributed by atoms with Crippen LogP contribution < -0.4 is 19.7 Å². The van der Waals surface area contributed by atoms with E-state index in [-0.39, 0.29) is 12.8 Å². The second-order valence-electron chi connectivity index (χ2n) is 6.39. The van der Waals surface area contributed by atoms with Crippen LogP contribution in [0.3, 0.4) is 0 Å². The number of esters is 1. The van der Waals surface area contributed by atoms with Crippen LogP contribution in [0, 0.1) is 0 Å². The molecule has 2 aliphatic heterocycles. The van der Waals surface area contributed by atoms with E-state index >= 15 is 0 Å². The molecule has 0 saturated heterocycles. The molecule has 2 aromatic carbocycles. The van der Waals surface area contributed by atoms with Crippen molar-refractivity contribution in [3.63, 3.8) is 0 Å². The fraction of sp³-hybridized carbons (Fsp3) is 0.238. The molecule has 28 heavy (non-hydrogen) atoms. The predicted molar refractivity (Wildman–Crippen MR) is 109 cm³/mol. The first-order valence-electron chi connectivity index (χ1n) is 9.03. The Morgan fingerprint density at radius 2 is 1.96 bits per heavy atom. The lowest BCUT2D eigenvalue weighted by Gasteiger charge is -2.37. The highest BCUT2D eigenvalue weighted by Crippen LogP contribution is 2.39. The van der Waals surface area contributed by atoms with Gasteiger partial charge in [0.1, 0.15) is 0 Å². The third-order valence-corrected chi connectivity index (χ3v) is 5.02. The number of allylic oxidation sites excluding steroid dienone is 1. The molecule has 6 nitrogen and oxygen atoms in total. The van der Waals surface area contributed by atoms with Crippen molar-refractivity contribution in [3.05, 3.63) is 65.4 Å². The lowest BCUT2D eigenvalue weighted by molar-refractivity contribution is -0.139. The monoisotopic (exact) mass is 396 g/mol. The van der Waals surface area contributed by atoms with Gasteiger partial charge in [0.15, 0.2) is 16.6 Å². The molecule has 0 amide bonds. The lowest BCUT2D eigenvalue weighted by Crippen LogP contribution is -2.48. The number of hydrogen-bond acceptors (Lipinski definition) is 5. The summed E-state index contributed by atoms with van der Waals surface area (Å²) in [7, 11) is 0. The SMILES string of the molecule is CCOC(=O)C1=C(C)N(c2ccccc2)C(=S)NC1c1ccc2c(c1)OCO2. The molecule has 2 heterocycles. The summed E-state index contributed by atoms with van der Waals surface area (Å²) in [5.41, 5.74) is 2.97. The van der Waals surface area contributed by atoms with Crippen molar-refractivity contribution in [1.82, 2.24) is 5.32 Å². The van der Waals surface area contributed by atoms with E-state index in [0.717, 1.165) is 16.9 Å². The van der Waals surface area contributed by atoms with Gasteiger partial charge in [-0.1, -0.05) is 24.3 Å². The maximum absolute atomic E-state index is 12.9. The zero-order valence-corrected chi connectivity index (χ0v) is 16.4. The van der Waals surface area contributed by atoms with Gasteiger partial charge >= 0.3 is 5.97 Å². The number of carbonyl (C=O) groups is 1. The number of para-hydroxylation sites is 1. The van der Waals surface area contributed by atoms with Crippen molar-refractivity contribution in [2.24, 2.45) is 0 Å². The topological polar surface area (TPSA) is 60.0 Å². The van der Waals surface area contributed by atoms with Gasteiger partial charge in [-0.25, -0.2) is 4.79 Å². The molecule has 0 radical (unpaired) electrons. The van der Waals surface area contributed by atoms with E-state index in [1.165, 1.54) is 0 Å². The Morgan fingerprint density at radius 3 is 2.71 bits per heavy atom. The maximum Gasteiger partial charge on any atom is 0.338 e. The molecule has 0 aromatic heterocycles. The average Bonchev–Trinajstić information content (AvgIpc) is 3.16. The first kappa shape index (κ1) is 18.3. The van der Waals surface area contributed by atoms with E-state index < -0.39 is 6.04 Å². The van der Waals surface area contributed by atoms with E-state index in [9.17, 15) is 4.79 Å². The van der Waals surface area contributed by atoms with Crippen molar-refractivity contribution in [1.29, 1.82) is 0 Å². The summed E-state index contributed by atoms with van der Waals surface area (Å²) in [4.78, 5) is 14.7. The third kappa shape index (κ3) is 3.18. The number of hydrogen-bond donors (Lipinski definition) is 1. The molecule has 1 atom stereocenters. The number of carbonyl (C=O) groups excluding carboxylic acids is 1. The van der Waals surface area contributed by atoms with Crippen LogP contribution in [0.15, 0.2) is 59.8 Å². The van der Waals surface area contributed by atoms with Crippen LogP contribution in [0.2, 0.25) is 0 Å². The fourth-order valence-electron chi connectivity index (χ4n) is 3.45. The minimum Gasteiger partial charge on any atom is -0.463 e. The Bertz CT molecular complexity index is 958. The molecule has 1 unspecified atom stereocenters. The molecule has 144 valence electrons. The first-order valence-corrected chi connectivity index (χ1v) is 9.44. The van der Waals surface area contributed by atoms with Gasteiger partial charge in [-0.2, -0.15) is 0 Å². The van der Waals surface area contributed by atoms with Gasteiger partial charge in [0, 0.05) is 11.4 Å². The van der Waals surface area contributed by atoms with Gasteiger partial charge < -0.3 is 19.5 Å². The highest BCUT2D eigenvalue weighted by molar-refractivity contribution is 7.80. The fourth-order valence-corrected chi connectivity index (χ4v) is 3.81. The van der Waals surface area contributed by atoms with E-state index in [2.05, 4.69) is 5.32 Å². The number of nitrogens with one attached hydrogen (secondary N) is 1. The van der Waals surface area contributed by atoms with Crippen molar-refractivity contribution in [2.75, 3.05) is 18.3 Å². The van der Waals surface area contributed by atoms with Crippen LogP contribution >= 0.6 is 12.2 Å². The van der Waals surface area contributed by atoms with Crippen LogP contribution in [0.25, 0.3) is 0 Å². The van der Waals surface area contributed by atoms with Gasteiger partial charge in [0.05, 0.1) is 18.2 Å². The van der Waals surface area contributed by atoms with Crippen LogP contribution in [-0.2, 0) is 9.53 Å². The lowest BCUT2D eigenvalue weighted by atomic mass is 9.94. The number of thiocarbonyl (C=S) groups is 1. The Balaban J connectivity index is 1.81. The second-order valence-corrected chi connectivity index (χ2v) is 6.77. The summed E-state index contributed by atoms with van der Waals surface area (Å²) in [6.07, 6.45) is 0. The van der Waals surface area contributed by atoms with Gasteiger partial charge in [-0.3, -0.25) is 4.90 Å². The van der Waals surface area contributed by atoms with Crippen LogP contribution in [0.1, 0.15) is 25.5 Å². The van der Waals surface area contributed by atoms with Gasteiger partial charge in [0.2, 0.25) is 6.79 Å². The number of benzene rings is 2. The largest absolute Gasteiger partial charge is 0.463 e. The molecular formula is C21H20N2O4S. The number of rotatable bonds is 4. The van der Waals surface area contributed by atoms with Gasteiger partial charge in [-0.15, -0.1) is 0 Å². The molecule has 0 fully saturated rings. The van der Waals surface area contributed by atoms with E-state index in [4.69, 9.17) is 26.4 Å². The van der Waals surface area contributed by atoms with Crippen molar-refractivity contribution in [2.45, 2.75) is 19.9 Å². The average molecular weight is 396 g/mol. The Kier molecular flexibility index (Phi) is 4.92. The first-order chi connectivity index (χ1) is 13.6. The Morgan fingerprint density at radius 1 is 1.21 bits per heavy atom. The normalized spacial score (nSPS) is 18.1. The molecule has 7 heteroatoms. The quantitative estimate of drug-likeness (QED) is 0.625. The van der Waals surface area contributed by atoms with Crippen LogP contribution in [-0.4, -0.2) is 24.5 Å². The third-order valence-electron chi connectivity index (χ3n) is 4.72. The summed E-state index contributed by atoms with van der Waals surface area (Å²) in [6.45, 7) is 4.15. The summed E-state index contributed by atoms with van der Waals surface area (Å²) < 4.78 is 16.2. The molecule has 0 saturated carbocycles. The van der Waals surface area contributed by atoms with E-state index in [0.29, 0.717) is 28.8 Å². The number of ether oxygens (including phenoxy) is 3. The molecule has 1 N–H and O–H groups in total. The molecular weight excluding hydrogens is 376 g/mol. The summed E-state index contributed by atoms with van der Waals surface area (Å²) in [6, 6.07) is 14.8.